The van der Waals surface area contributed by atoms with Crippen LogP contribution in [0.1, 0.15) is 34.8 Å². The number of halogens is 1. The molecule has 4 nitrogen and oxygen atoms in total. The third-order valence-corrected chi connectivity index (χ3v) is 6.24. The van der Waals surface area contributed by atoms with Crippen molar-refractivity contribution < 1.29 is 0 Å². The highest BCUT2D eigenvalue weighted by atomic mass is 79.9. The number of thiophene rings is 1. The lowest BCUT2D eigenvalue weighted by Crippen LogP contribution is -2.33. The van der Waals surface area contributed by atoms with Gasteiger partial charge in [-0.3, -0.25) is 4.79 Å². The van der Waals surface area contributed by atoms with Crippen LogP contribution in [0.5, 0.6) is 0 Å². The van der Waals surface area contributed by atoms with E-state index in [-0.39, 0.29) is 11.0 Å². The van der Waals surface area contributed by atoms with Crippen LogP contribution in [0.2, 0.25) is 0 Å². The van der Waals surface area contributed by atoms with Gasteiger partial charge in [0.1, 0.15) is 5.82 Å². The maximum atomic E-state index is 12.3. The zero-order valence-electron chi connectivity index (χ0n) is 10.8. The van der Waals surface area contributed by atoms with Crippen LogP contribution in [0.25, 0.3) is 0 Å². The molecule has 3 heterocycles. The summed E-state index contributed by atoms with van der Waals surface area (Å²) in [5.74, 6) is 0.853. The summed E-state index contributed by atoms with van der Waals surface area (Å²) in [6.07, 6.45) is 2.96. The molecule has 0 atom stereocenters. The molecule has 0 spiro atoms. The summed E-state index contributed by atoms with van der Waals surface area (Å²) in [4.78, 5) is 21.4. The molecule has 0 amide bonds. The van der Waals surface area contributed by atoms with Crippen molar-refractivity contribution in [3.8, 4) is 0 Å². The summed E-state index contributed by atoms with van der Waals surface area (Å²) >= 11 is 5.35. The lowest BCUT2D eigenvalue weighted by Gasteiger charge is -2.19. The first-order chi connectivity index (χ1) is 9.71. The van der Waals surface area contributed by atoms with Crippen LogP contribution >= 0.6 is 27.3 Å². The fraction of sp³-hybridized carbons (Fsp3) is 0.429. The Hall–Kier alpha value is -0.980. The molecule has 104 valence electrons. The fourth-order valence-corrected chi connectivity index (χ4v) is 4.93. The van der Waals surface area contributed by atoms with E-state index < -0.39 is 0 Å². The Bertz CT molecular complexity index is 732. The van der Waals surface area contributed by atoms with E-state index in [0.717, 1.165) is 47.4 Å². The maximum absolute atomic E-state index is 12.3. The van der Waals surface area contributed by atoms with Gasteiger partial charge in [-0.1, -0.05) is 0 Å². The van der Waals surface area contributed by atoms with Crippen molar-refractivity contribution in [1.82, 2.24) is 15.3 Å². The van der Waals surface area contributed by atoms with E-state index in [0.29, 0.717) is 6.54 Å². The van der Waals surface area contributed by atoms with Gasteiger partial charge in [0.05, 0.1) is 16.7 Å². The van der Waals surface area contributed by atoms with Crippen LogP contribution in [-0.2, 0) is 18.4 Å². The van der Waals surface area contributed by atoms with E-state index in [2.05, 4.69) is 37.7 Å². The third-order valence-electron chi connectivity index (χ3n) is 4.20. The monoisotopic (exact) mass is 351 g/mol. The van der Waals surface area contributed by atoms with Gasteiger partial charge in [0.15, 0.2) is 0 Å². The molecule has 2 aromatic rings. The average Bonchev–Trinajstić information content (AvgIpc) is 3.15. The molecule has 4 rings (SSSR count). The Labute approximate surface area is 128 Å². The van der Waals surface area contributed by atoms with Gasteiger partial charge in [0.2, 0.25) is 0 Å². The van der Waals surface area contributed by atoms with E-state index >= 15 is 0 Å². The summed E-state index contributed by atoms with van der Waals surface area (Å²) in [7, 11) is 0. The van der Waals surface area contributed by atoms with Crippen molar-refractivity contribution in [2.45, 2.75) is 31.2 Å². The molecule has 0 saturated heterocycles. The van der Waals surface area contributed by atoms with Gasteiger partial charge in [-0.15, -0.1) is 11.3 Å². The van der Waals surface area contributed by atoms with Crippen molar-refractivity contribution in [1.29, 1.82) is 0 Å². The van der Waals surface area contributed by atoms with Crippen LogP contribution < -0.4 is 10.9 Å². The first-order valence-corrected chi connectivity index (χ1v) is 8.45. The van der Waals surface area contributed by atoms with E-state index in [1.54, 1.807) is 11.3 Å². The second-order valence-corrected chi connectivity index (χ2v) is 7.22. The van der Waals surface area contributed by atoms with Crippen molar-refractivity contribution in [3.63, 3.8) is 0 Å². The van der Waals surface area contributed by atoms with Gasteiger partial charge in [-0.2, -0.15) is 0 Å². The Morgan fingerprint density at radius 3 is 2.95 bits per heavy atom. The van der Waals surface area contributed by atoms with Crippen LogP contribution in [-0.4, -0.2) is 16.5 Å². The van der Waals surface area contributed by atoms with Gasteiger partial charge in [-0.25, -0.2) is 4.98 Å². The Morgan fingerprint density at radius 2 is 2.25 bits per heavy atom. The van der Waals surface area contributed by atoms with Gasteiger partial charge in [0, 0.05) is 28.9 Å². The number of hydrogen-bond acceptors (Lipinski definition) is 4. The predicted octanol–water partition coefficient (Wildman–Crippen LogP) is 2.32. The number of fused-ring (bicyclic) bond motifs is 1. The van der Waals surface area contributed by atoms with E-state index in [4.69, 9.17) is 4.98 Å². The Balaban J connectivity index is 1.86. The summed E-state index contributed by atoms with van der Waals surface area (Å²) in [5.41, 5.74) is 1.74. The van der Waals surface area contributed by atoms with Crippen molar-refractivity contribution in [2.75, 3.05) is 6.54 Å². The van der Waals surface area contributed by atoms with E-state index in [9.17, 15) is 4.79 Å². The minimum Gasteiger partial charge on any atom is -0.312 e. The molecule has 1 fully saturated rings. The molecular formula is C14H14BrN3OS. The number of aromatic amines is 1. The molecule has 0 bridgehead atoms. The zero-order valence-corrected chi connectivity index (χ0v) is 13.2. The quantitative estimate of drug-likeness (QED) is 0.872. The molecule has 1 saturated carbocycles. The van der Waals surface area contributed by atoms with Gasteiger partial charge >= 0.3 is 0 Å². The topological polar surface area (TPSA) is 57.8 Å². The minimum atomic E-state index is -0.0634. The van der Waals surface area contributed by atoms with Gasteiger partial charge in [-0.05, 0) is 40.2 Å². The van der Waals surface area contributed by atoms with Gasteiger partial charge in [0.25, 0.3) is 5.56 Å². The molecule has 0 radical (unpaired) electrons. The van der Waals surface area contributed by atoms with Crippen molar-refractivity contribution >= 4 is 27.3 Å². The number of H-pyrrole nitrogens is 1. The number of hydrogen-bond donors (Lipinski definition) is 2. The molecule has 2 aliphatic rings. The fourth-order valence-electron chi connectivity index (χ4n) is 2.91. The number of nitrogens with zero attached hydrogens (tertiary/aromatic N) is 1. The Morgan fingerprint density at radius 1 is 1.40 bits per heavy atom. The first-order valence-electron chi connectivity index (χ1n) is 6.77. The zero-order chi connectivity index (χ0) is 13.7. The molecule has 1 aliphatic heterocycles. The second kappa shape index (κ2) is 4.51. The van der Waals surface area contributed by atoms with E-state index in [1.165, 1.54) is 4.88 Å². The van der Waals surface area contributed by atoms with Gasteiger partial charge < -0.3 is 10.3 Å². The number of rotatable bonds is 2. The predicted molar refractivity (Wildman–Crippen MR) is 82.3 cm³/mol. The summed E-state index contributed by atoms with van der Waals surface area (Å²) in [5, 5.41) is 5.31. The third kappa shape index (κ3) is 1.82. The smallest absolute Gasteiger partial charge is 0.255 e. The van der Waals surface area contributed by atoms with E-state index in [1.807, 2.05) is 0 Å². The summed E-state index contributed by atoms with van der Waals surface area (Å²) in [6.45, 7) is 1.53. The second-order valence-electron chi connectivity index (χ2n) is 5.45. The molecule has 0 unspecified atom stereocenters. The highest BCUT2D eigenvalue weighted by Gasteiger charge is 2.50. The molecule has 20 heavy (non-hydrogen) atoms. The molecule has 2 N–H and O–H groups in total. The normalized spacial score (nSPS) is 19.6. The lowest BCUT2D eigenvalue weighted by atomic mass is 10.0. The Kier molecular flexibility index (Phi) is 2.87. The maximum Gasteiger partial charge on any atom is 0.255 e. The van der Waals surface area contributed by atoms with Crippen LogP contribution in [0.15, 0.2) is 20.7 Å². The lowest BCUT2D eigenvalue weighted by molar-refractivity contribution is 0.605. The first kappa shape index (κ1) is 12.7. The van der Waals surface area contributed by atoms with Crippen LogP contribution in [0, 0.1) is 0 Å². The van der Waals surface area contributed by atoms with Crippen molar-refractivity contribution in [2.24, 2.45) is 0 Å². The highest BCUT2D eigenvalue weighted by Crippen LogP contribution is 2.55. The van der Waals surface area contributed by atoms with Crippen molar-refractivity contribution in [3.05, 3.63) is 48.2 Å². The molecule has 2 aromatic heterocycles. The molecule has 0 aromatic carbocycles. The minimum absolute atomic E-state index is 0.0242. The summed E-state index contributed by atoms with van der Waals surface area (Å²) < 4.78 is 1.13. The highest BCUT2D eigenvalue weighted by molar-refractivity contribution is 9.10. The summed E-state index contributed by atoms with van der Waals surface area (Å²) in [6, 6.07) is 2.07. The molecular weight excluding hydrogens is 338 g/mol. The molecule has 6 heteroatoms. The van der Waals surface area contributed by atoms with Crippen LogP contribution in [0.3, 0.4) is 0 Å². The largest absolute Gasteiger partial charge is 0.312 e. The molecule has 1 aliphatic carbocycles. The number of aromatic nitrogens is 2. The van der Waals surface area contributed by atoms with Crippen LogP contribution in [0.4, 0.5) is 0 Å². The average molecular weight is 352 g/mol. The standard InChI is InChI=1S/C14H14BrN3OS/c15-9-2-6-20-11(9)14(3-4-14)13-17-10-1-5-16-7-8(10)12(19)18-13/h2,6,16H,1,3-5,7H2,(H,17,18,19). The SMILES string of the molecule is O=c1[nH]c(C2(c3sccc3Br)CC2)nc2c1CNCC2. The number of nitrogens with one attached hydrogen (secondary N) is 2.